The Kier molecular flexibility index (Phi) is 5.08. The van der Waals surface area contributed by atoms with Crippen LogP contribution in [0.4, 0.5) is 0 Å². The molecule has 1 saturated carbocycles. The van der Waals surface area contributed by atoms with Crippen LogP contribution in [0, 0.1) is 5.92 Å². The van der Waals surface area contributed by atoms with E-state index in [2.05, 4.69) is 6.92 Å². The lowest BCUT2D eigenvalue weighted by Gasteiger charge is -2.33. The maximum Gasteiger partial charge on any atom is 0.123 e. The van der Waals surface area contributed by atoms with Crippen molar-refractivity contribution in [2.45, 2.75) is 51.7 Å². The van der Waals surface area contributed by atoms with Gasteiger partial charge in [0.05, 0.1) is 6.61 Å². The van der Waals surface area contributed by atoms with E-state index in [4.69, 9.17) is 15.2 Å². The van der Waals surface area contributed by atoms with Gasteiger partial charge >= 0.3 is 0 Å². The summed E-state index contributed by atoms with van der Waals surface area (Å²) in [5, 5.41) is 0. The maximum absolute atomic E-state index is 6.18. The van der Waals surface area contributed by atoms with Crippen molar-refractivity contribution in [1.29, 1.82) is 0 Å². The highest BCUT2D eigenvalue weighted by Crippen LogP contribution is 2.30. The monoisotopic (exact) mass is 263 g/mol. The van der Waals surface area contributed by atoms with E-state index in [1.807, 2.05) is 31.2 Å². The normalized spacial score (nSPS) is 27.0. The molecule has 19 heavy (non-hydrogen) atoms. The van der Waals surface area contributed by atoms with Crippen molar-refractivity contribution in [2.75, 3.05) is 6.61 Å². The molecule has 0 saturated heterocycles. The first-order chi connectivity index (χ1) is 9.22. The van der Waals surface area contributed by atoms with Crippen LogP contribution < -0.4 is 15.2 Å². The summed E-state index contributed by atoms with van der Waals surface area (Å²) < 4.78 is 11.6. The quantitative estimate of drug-likeness (QED) is 0.885. The highest BCUT2D eigenvalue weighted by Gasteiger charge is 2.28. The van der Waals surface area contributed by atoms with Crippen molar-refractivity contribution in [3.8, 4) is 11.5 Å². The fourth-order valence-corrected chi connectivity index (χ4v) is 2.72. The molecule has 0 aliphatic heterocycles. The van der Waals surface area contributed by atoms with Crippen LogP contribution in [-0.4, -0.2) is 18.8 Å². The Hall–Kier alpha value is -1.22. The third-order valence-corrected chi connectivity index (χ3v) is 3.93. The van der Waals surface area contributed by atoms with Crippen molar-refractivity contribution in [2.24, 2.45) is 11.7 Å². The first-order valence-corrected chi connectivity index (χ1v) is 7.38. The lowest BCUT2D eigenvalue weighted by atomic mass is 9.83. The van der Waals surface area contributed by atoms with Crippen molar-refractivity contribution in [3.05, 3.63) is 24.3 Å². The molecule has 1 fully saturated rings. The molecule has 0 amide bonds. The number of ether oxygens (including phenoxy) is 2. The van der Waals surface area contributed by atoms with E-state index in [0.717, 1.165) is 30.3 Å². The summed E-state index contributed by atoms with van der Waals surface area (Å²) in [6.07, 6.45) is 4.71. The number of rotatable bonds is 5. The van der Waals surface area contributed by atoms with Crippen LogP contribution in [0.25, 0.3) is 0 Å². The average Bonchev–Trinajstić information content (AvgIpc) is 2.42. The largest absolute Gasteiger partial charge is 0.494 e. The van der Waals surface area contributed by atoms with Crippen LogP contribution in [-0.2, 0) is 0 Å². The van der Waals surface area contributed by atoms with Gasteiger partial charge in [-0.05, 0) is 44.2 Å². The Bertz CT molecular complexity index is 394. The molecular formula is C16H25NO2. The summed E-state index contributed by atoms with van der Waals surface area (Å²) in [5.41, 5.74) is 6.18. The molecule has 0 bridgehead atoms. The van der Waals surface area contributed by atoms with Crippen LogP contribution >= 0.6 is 0 Å². The van der Waals surface area contributed by atoms with Gasteiger partial charge in [0.15, 0.2) is 0 Å². The van der Waals surface area contributed by atoms with Crippen molar-refractivity contribution in [3.63, 3.8) is 0 Å². The van der Waals surface area contributed by atoms with Crippen LogP contribution in [0.15, 0.2) is 24.3 Å². The SMILES string of the molecule is CCOc1cccc(OC2CC(CC)CCC2N)c1. The molecule has 2 rings (SSSR count). The van der Waals surface area contributed by atoms with E-state index >= 15 is 0 Å². The van der Waals surface area contributed by atoms with E-state index < -0.39 is 0 Å². The van der Waals surface area contributed by atoms with Gasteiger partial charge in [-0.1, -0.05) is 19.4 Å². The minimum absolute atomic E-state index is 0.135. The first kappa shape index (κ1) is 14.2. The van der Waals surface area contributed by atoms with Crippen molar-refractivity contribution >= 4 is 0 Å². The molecule has 1 aromatic rings. The average molecular weight is 263 g/mol. The van der Waals surface area contributed by atoms with E-state index in [9.17, 15) is 0 Å². The van der Waals surface area contributed by atoms with Crippen molar-refractivity contribution < 1.29 is 9.47 Å². The van der Waals surface area contributed by atoms with E-state index in [1.54, 1.807) is 0 Å². The number of hydrogen-bond donors (Lipinski definition) is 1. The van der Waals surface area contributed by atoms with Crippen LogP contribution in [0.2, 0.25) is 0 Å². The molecular weight excluding hydrogens is 238 g/mol. The minimum atomic E-state index is 0.135. The molecule has 0 radical (unpaired) electrons. The summed E-state index contributed by atoms with van der Waals surface area (Å²) in [7, 11) is 0. The second kappa shape index (κ2) is 6.80. The smallest absolute Gasteiger partial charge is 0.123 e. The Morgan fingerprint density at radius 2 is 2.00 bits per heavy atom. The van der Waals surface area contributed by atoms with Gasteiger partial charge in [0, 0.05) is 12.1 Å². The predicted molar refractivity (Wildman–Crippen MR) is 77.6 cm³/mol. The van der Waals surface area contributed by atoms with Gasteiger partial charge in [0.1, 0.15) is 17.6 Å². The van der Waals surface area contributed by atoms with Gasteiger partial charge in [0.2, 0.25) is 0 Å². The second-order valence-corrected chi connectivity index (χ2v) is 5.32. The summed E-state index contributed by atoms with van der Waals surface area (Å²) >= 11 is 0. The van der Waals surface area contributed by atoms with E-state index in [0.29, 0.717) is 6.61 Å². The molecule has 3 atom stereocenters. The second-order valence-electron chi connectivity index (χ2n) is 5.32. The van der Waals surface area contributed by atoms with Crippen molar-refractivity contribution in [1.82, 2.24) is 0 Å². The molecule has 3 unspecified atom stereocenters. The zero-order valence-electron chi connectivity index (χ0n) is 12.0. The number of nitrogens with two attached hydrogens (primary N) is 1. The predicted octanol–water partition coefficient (Wildman–Crippen LogP) is 3.37. The number of hydrogen-bond acceptors (Lipinski definition) is 3. The zero-order chi connectivity index (χ0) is 13.7. The summed E-state index contributed by atoms with van der Waals surface area (Å²) in [5.74, 6) is 2.47. The Morgan fingerprint density at radius 3 is 2.74 bits per heavy atom. The molecule has 0 heterocycles. The zero-order valence-corrected chi connectivity index (χ0v) is 12.0. The fourth-order valence-electron chi connectivity index (χ4n) is 2.72. The third kappa shape index (κ3) is 3.87. The van der Waals surface area contributed by atoms with Gasteiger partial charge < -0.3 is 15.2 Å². The van der Waals surface area contributed by atoms with E-state index in [-0.39, 0.29) is 12.1 Å². The Labute approximate surface area is 116 Å². The molecule has 106 valence electrons. The van der Waals surface area contributed by atoms with Gasteiger partial charge in [-0.25, -0.2) is 0 Å². The molecule has 3 heteroatoms. The minimum Gasteiger partial charge on any atom is -0.494 e. The summed E-state index contributed by atoms with van der Waals surface area (Å²) in [4.78, 5) is 0. The Balaban J connectivity index is 2.00. The topological polar surface area (TPSA) is 44.5 Å². The maximum atomic E-state index is 6.18. The summed E-state index contributed by atoms with van der Waals surface area (Å²) in [6.45, 7) is 4.90. The molecule has 1 aliphatic carbocycles. The van der Waals surface area contributed by atoms with Crippen LogP contribution in [0.1, 0.15) is 39.5 Å². The lowest BCUT2D eigenvalue weighted by molar-refractivity contribution is 0.101. The standard InChI is InChI=1S/C16H25NO2/c1-3-12-8-9-15(17)16(10-12)19-14-7-5-6-13(11-14)18-4-2/h5-7,11-12,15-16H,3-4,8-10,17H2,1-2H3. The highest BCUT2D eigenvalue weighted by atomic mass is 16.5. The fraction of sp³-hybridized carbons (Fsp3) is 0.625. The molecule has 1 aliphatic rings. The first-order valence-electron chi connectivity index (χ1n) is 7.38. The molecule has 3 nitrogen and oxygen atoms in total. The third-order valence-electron chi connectivity index (χ3n) is 3.93. The van der Waals surface area contributed by atoms with Gasteiger partial charge in [-0.2, -0.15) is 0 Å². The molecule has 0 spiro atoms. The molecule has 2 N–H and O–H groups in total. The molecule has 0 aromatic heterocycles. The van der Waals surface area contributed by atoms with Crippen LogP contribution in [0.3, 0.4) is 0 Å². The number of benzene rings is 1. The van der Waals surface area contributed by atoms with Gasteiger partial charge in [-0.15, -0.1) is 0 Å². The molecule has 1 aromatic carbocycles. The summed E-state index contributed by atoms with van der Waals surface area (Å²) in [6, 6.07) is 7.99. The Morgan fingerprint density at radius 1 is 1.21 bits per heavy atom. The van der Waals surface area contributed by atoms with Gasteiger partial charge in [0.25, 0.3) is 0 Å². The van der Waals surface area contributed by atoms with Crippen LogP contribution in [0.5, 0.6) is 11.5 Å². The lowest BCUT2D eigenvalue weighted by Crippen LogP contribution is -2.43. The van der Waals surface area contributed by atoms with E-state index in [1.165, 1.54) is 12.8 Å². The highest BCUT2D eigenvalue weighted by molar-refractivity contribution is 5.33. The van der Waals surface area contributed by atoms with Gasteiger partial charge in [-0.3, -0.25) is 0 Å².